The van der Waals surface area contributed by atoms with Crippen LogP contribution in [0.2, 0.25) is 0 Å². The van der Waals surface area contributed by atoms with Gasteiger partial charge in [0.2, 0.25) is 0 Å². The molecule has 0 spiro atoms. The third-order valence-electron chi connectivity index (χ3n) is 3.58. The Balaban J connectivity index is 1.83. The lowest BCUT2D eigenvalue weighted by Crippen LogP contribution is -2.25. The van der Waals surface area contributed by atoms with Crippen molar-refractivity contribution in [3.63, 3.8) is 0 Å². The van der Waals surface area contributed by atoms with Gasteiger partial charge in [0.25, 0.3) is 0 Å². The maximum atomic E-state index is 11.5. The average molecular weight is 224 g/mol. The molecule has 4 nitrogen and oxygen atoms in total. The Bertz CT molecular complexity index is 334. The number of ether oxygens (including phenoxy) is 1. The molecule has 2 fully saturated rings. The summed E-state index contributed by atoms with van der Waals surface area (Å²) < 4.78 is 5.31. The van der Waals surface area contributed by atoms with Crippen molar-refractivity contribution in [3.05, 3.63) is 12.2 Å². The van der Waals surface area contributed by atoms with Crippen LogP contribution in [-0.4, -0.2) is 23.1 Å². The van der Waals surface area contributed by atoms with Crippen molar-refractivity contribution in [2.75, 3.05) is 0 Å². The van der Waals surface area contributed by atoms with Crippen LogP contribution in [0, 0.1) is 11.8 Å². The molecule has 2 aliphatic rings. The maximum absolute atomic E-state index is 11.5. The van der Waals surface area contributed by atoms with Crippen LogP contribution in [0.4, 0.5) is 0 Å². The van der Waals surface area contributed by atoms with Crippen molar-refractivity contribution >= 4 is 11.9 Å². The van der Waals surface area contributed by atoms with Gasteiger partial charge in [-0.2, -0.15) is 0 Å². The summed E-state index contributed by atoms with van der Waals surface area (Å²) in [5, 5.41) is 8.53. The van der Waals surface area contributed by atoms with Gasteiger partial charge in [-0.1, -0.05) is 6.58 Å². The summed E-state index contributed by atoms with van der Waals surface area (Å²) >= 11 is 0. The zero-order valence-corrected chi connectivity index (χ0v) is 9.15. The Kier molecular flexibility index (Phi) is 2.99. The highest BCUT2D eigenvalue weighted by Gasteiger charge is 2.41. The largest absolute Gasteiger partial charge is 0.481 e. The normalized spacial score (nSPS) is 31.4. The molecule has 0 saturated heterocycles. The van der Waals surface area contributed by atoms with Crippen molar-refractivity contribution in [1.29, 1.82) is 0 Å². The van der Waals surface area contributed by atoms with E-state index < -0.39 is 11.9 Å². The highest BCUT2D eigenvalue weighted by Crippen LogP contribution is 2.46. The van der Waals surface area contributed by atoms with Crippen molar-refractivity contribution in [2.45, 2.75) is 38.2 Å². The Hall–Kier alpha value is -1.32. The zero-order chi connectivity index (χ0) is 11.7. The first kappa shape index (κ1) is 11.2. The molecule has 0 aromatic rings. The smallest absolute Gasteiger partial charge is 0.334 e. The maximum Gasteiger partial charge on any atom is 0.334 e. The van der Waals surface area contributed by atoms with E-state index in [4.69, 9.17) is 9.84 Å². The summed E-state index contributed by atoms with van der Waals surface area (Å²) in [4.78, 5) is 21.9. The Morgan fingerprint density at radius 2 is 2.06 bits per heavy atom. The van der Waals surface area contributed by atoms with E-state index in [1.54, 1.807) is 0 Å². The minimum atomic E-state index is -1.05. The summed E-state index contributed by atoms with van der Waals surface area (Å²) in [6, 6.07) is 0. The van der Waals surface area contributed by atoms with Gasteiger partial charge in [-0.05, 0) is 37.5 Å². The van der Waals surface area contributed by atoms with Gasteiger partial charge in [0, 0.05) is 5.57 Å². The van der Waals surface area contributed by atoms with Crippen LogP contribution in [0.3, 0.4) is 0 Å². The highest BCUT2D eigenvalue weighted by atomic mass is 16.5. The molecule has 1 N–H and O–H groups in total. The molecule has 3 unspecified atom stereocenters. The van der Waals surface area contributed by atoms with E-state index in [0.29, 0.717) is 11.8 Å². The monoisotopic (exact) mass is 224 g/mol. The highest BCUT2D eigenvalue weighted by molar-refractivity contribution is 5.92. The van der Waals surface area contributed by atoms with Crippen LogP contribution in [0.25, 0.3) is 0 Å². The number of carbonyl (C=O) groups excluding carboxylic acids is 1. The number of carboxylic acids is 1. The molecule has 16 heavy (non-hydrogen) atoms. The second-order valence-corrected chi connectivity index (χ2v) is 4.79. The van der Waals surface area contributed by atoms with Crippen molar-refractivity contribution < 1.29 is 19.4 Å². The molecule has 2 saturated carbocycles. The molecule has 0 aromatic carbocycles. The molecule has 3 atom stereocenters. The van der Waals surface area contributed by atoms with Crippen LogP contribution in [0.5, 0.6) is 0 Å². The lowest BCUT2D eigenvalue weighted by Gasteiger charge is -2.22. The molecule has 2 rings (SSSR count). The van der Waals surface area contributed by atoms with E-state index >= 15 is 0 Å². The first-order valence-corrected chi connectivity index (χ1v) is 5.67. The number of esters is 1. The number of hydrogen-bond acceptors (Lipinski definition) is 3. The van der Waals surface area contributed by atoms with Crippen molar-refractivity contribution in [3.8, 4) is 0 Å². The van der Waals surface area contributed by atoms with E-state index in [9.17, 15) is 9.59 Å². The Morgan fingerprint density at radius 1 is 1.31 bits per heavy atom. The van der Waals surface area contributed by atoms with E-state index in [2.05, 4.69) is 6.58 Å². The topological polar surface area (TPSA) is 63.6 Å². The van der Waals surface area contributed by atoms with Crippen LogP contribution in [0.1, 0.15) is 32.1 Å². The molecular weight excluding hydrogens is 208 g/mol. The predicted octanol–water partition coefficient (Wildman–Crippen LogP) is 1.75. The second-order valence-electron chi connectivity index (χ2n) is 4.79. The fourth-order valence-corrected chi connectivity index (χ4v) is 2.81. The van der Waals surface area contributed by atoms with Gasteiger partial charge in [-0.25, -0.2) is 4.79 Å². The summed E-state index contributed by atoms with van der Waals surface area (Å²) in [6.45, 7) is 3.44. The molecule has 88 valence electrons. The molecule has 0 radical (unpaired) electrons. The number of carboxylic acid groups (broad SMARTS) is 1. The number of rotatable bonds is 4. The third kappa shape index (κ3) is 2.26. The molecule has 0 aliphatic heterocycles. The van der Waals surface area contributed by atoms with Gasteiger partial charge in [-0.3, -0.25) is 4.79 Å². The van der Waals surface area contributed by atoms with E-state index in [1.807, 2.05) is 0 Å². The molecular formula is C12H16O4. The first-order valence-electron chi connectivity index (χ1n) is 5.67. The molecule has 2 aliphatic carbocycles. The van der Waals surface area contributed by atoms with Gasteiger partial charge in [0.05, 0.1) is 6.42 Å². The fourth-order valence-electron chi connectivity index (χ4n) is 2.81. The number of carbonyl (C=O) groups is 2. The SMILES string of the molecule is C=C(CC(=O)O)C(=O)OC1CC2CCC1C2. The second kappa shape index (κ2) is 4.28. The van der Waals surface area contributed by atoms with Crippen LogP contribution < -0.4 is 0 Å². The fraction of sp³-hybridized carbons (Fsp3) is 0.667. The lowest BCUT2D eigenvalue weighted by molar-refractivity contribution is -0.148. The minimum Gasteiger partial charge on any atom is -0.481 e. The first-order chi connectivity index (χ1) is 7.56. The Morgan fingerprint density at radius 3 is 2.56 bits per heavy atom. The predicted molar refractivity (Wildman–Crippen MR) is 56.7 cm³/mol. The summed E-state index contributed by atoms with van der Waals surface area (Å²) in [6.07, 6.45) is 4.14. The quantitative estimate of drug-likeness (QED) is 0.583. The van der Waals surface area contributed by atoms with Gasteiger partial charge in [0.1, 0.15) is 6.10 Å². The average Bonchev–Trinajstić information content (AvgIpc) is 2.77. The van der Waals surface area contributed by atoms with Crippen LogP contribution >= 0.6 is 0 Å². The van der Waals surface area contributed by atoms with Gasteiger partial charge >= 0.3 is 11.9 Å². The van der Waals surface area contributed by atoms with E-state index in [-0.39, 0.29) is 18.1 Å². The van der Waals surface area contributed by atoms with Gasteiger partial charge in [0.15, 0.2) is 0 Å². The van der Waals surface area contributed by atoms with Crippen LogP contribution in [-0.2, 0) is 14.3 Å². The molecule has 2 bridgehead atoms. The van der Waals surface area contributed by atoms with Crippen molar-refractivity contribution in [1.82, 2.24) is 0 Å². The summed E-state index contributed by atoms with van der Waals surface area (Å²) in [5.41, 5.74) is 0.0373. The van der Waals surface area contributed by atoms with Crippen LogP contribution in [0.15, 0.2) is 12.2 Å². The summed E-state index contributed by atoms with van der Waals surface area (Å²) in [7, 11) is 0. The third-order valence-corrected chi connectivity index (χ3v) is 3.58. The van der Waals surface area contributed by atoms with Crippen molar-refractivity contribution in [2.24, 2.45) is 11.8 Å². The minimum absolute atomic E-state index is 0.00297. The van der Waals surface area contributed by atoms with E-state index in [1.165, 1.54) is 6.42 Å². The van der Waals surface area contributed by atoms with E-state index in [0.717, 1.165) is 19.3 Å². The summed E-state index contributed by atoms with van der Waals surface area (Å²) in [5.74, 6) is -0.392. The molecule has 0 aromatic heterocycles. The van der Waals surface area contributed by atoms with Gasteiger partial charge < -0.3 is 9.84 Å². The number of fused-ring (bicyclic) bond motifs is 2. The Labute approximate surface area is 94.3 Å². The standard InChI is InChI=1S/C12H16O4/c1-7(4-11(13)14)12(15)16-10-6-8-2-3-9(10)5-8/h8-10H,1-6H2,(H,13,14). The van der Waals surface area contributed by atoms with Gasteiger partial charge in [-0.15, -0.1) is 0 Å². The molecule has 4 heteroatoms. The number of hydrogen-bond donors (Lipinski definition) is 1. The number of aliphatic carboxylic acids is 1. The molecule has 0 heterocycles. The zero-order valence-electron chi connectivity index (χ0n) is 9.15. The molecule has 0 amide bonds. The lowest BCUT2D eigenvalue weighted by atomic mass is 9.98.